The van der Waals surface area contributed by atoms with Gasteiger partial charge in [0.15, 0.2) is 0 Å². The molecule has 2 aromatic carbocycles. The van der Waals surface area contributed by atoms with Gasteiger partial charge in [-0.2, -0.15) is 4.72 Å². The summed E-state index contributed by atoms with van der Waals surface area (Å²) in [6, 6.07) is 12.1. The van der Waals surface area contributed by atoms with Crippen LogP contribution in [0, 0.1) is 0 Å². The zero-order chi connectivity index (χ0) is 22.4. The summed E-state index contributed by atoms with van der Waals surface area (Å²) in [4.78, 5) is 25.9. The van der Waals surface area contributed by atoms with Gasteiger partial charge in [-0.25, -0.2) is 8.42 Å². The van der Waals surface area contributed by atoms with E-state index in [0.29, 0.717) is 37.7 Å². The minimum Gasteiger partial charge on any atom is -0.378 e. The number of amides is 2. The number of ether oxygens (including phenoxy) is 1. The van der Waals surface area contributed by atoms with Crippen molar-refractivity contribution >= 4 is 38.9 Å². The standard InChI is InChI=1S/C21H26N4O5S/c1-15(24-31(28,29)18-9-7-17(8-10-18)22-16(2)26)21(27)23-19-5-3-4-6-20(19)25-11-13-30-14-12-25/h3-10,15,24H,11-14H2,1-2H3,(H,22,26)(H,23,27)/t15-/m0/s1. The minimum atomic E-state index is -3.92. The Kier molecular flexibility index (Phi) is 7.26. The number of morpholine rings is 1. The van der Waals surface area contributed by atoms with Crippen molar-refractivity contribution in [1.82, 2.24) is 4.72 Å². The zero-order valence-corrected chi connectivity index (χ0v) is 18.2. The Hall–Kier alpha value is -2.95. The molecule has 1 fully saturated rings. The second-order valence-corrected chi connectivity index (χ2v) is 8.87. The molecule has 0 aliphatic carbocycles. The predicted octanol–water partition coefficient (Wildman–Crippen LogP) is 1.79. The molecule has 1 saturated heterocycles. The quantitative estimate of drug-likeness (QED) is 0.597. The van der Waals surface area contributed by atoms with E-state index in [9.17, 15) is 18.0 Å². The SMILES string of the molecule is CC(=O)Nc1ccc(S(=O)(=O)N[C@@H](C)C(=O)Nc2ccccc2N2CCOCC2)cc1. The summed E-state index contributed by atoms with van der Waals surface area (Å²) in [6.45, 7) is 5.49. The third-order valence-electron chi connectivity index (χ3n) is 4.72. The average molecular weight is 447 g/mol. The number of carbonyl (C=O) groups is 2. The van der Waals surface area contributed by atoms with Crippen LogP contribution < -0.4 is 20.3 Å². The monoisotopic (exact) mass is 446 g/mol. The summed E-state index contributed by atoms with van der Waals surface area (Å²) >= 11 is 0. The predicted molar refractivity (Wildman–Crippen MR) is 119 cm³/mol. The molecule has 166 valence electrons. The molecule has 10 heteroatoms. The lowest BCUT2D eigenvalue weighted by molar-refractivity contribution is -0.117. The number of rotatable bonds is 7. The van der Waals surface area contributed by atoms with Crippen molar-refractivity contribution < 1.29 is 22.7 Å². The van der Waals surface area contributed by atoms with Crippen LogP contribution in [0.4, 0.5) is 17.1 Å². The van der Waals surface area contributed by atoms with Crippen LogP contribution in [-0.4, -0.2) is 52.6 Å². The van der Waals surface area contributed by atoms with Crippen LogP contribution in [0.3, 0.4) is 0 Å². The number of para-hydroxylation sites is 2. The highest BCUT2D eigenvalue weighted by Crippen LogP contribution is 2.26. The molecule has 3 N–H and O–H groups in total. The van der Waals surface area contributed by atoms with E-state index in [-0.39, 0.29) is 10.8 Å². The van der Waals surface area contributed by atoms with Gasteiger partial charge in [-0.3, -0.25) is 9.59 Å². The highest BCUT2D eigenvalue weighted by atomic mass is 32.2. The van der Waals surface area contributed by atoms with E-state index in [0.717, 1.165) is 5.69 Å². The number of nitrogens with zero attached hydrogens (tertiary/aromatic N) is 1. The van der Waals surface area contributed by atoms with Gasteiger partial charge < -0.3 is 20.3 Å². The number of sulfonamides is 1. The van der Waals surface area contributed by atoms with E-state index in [1.165, 1.54) is 38.1 Å². The fraction of sp³-hybridized carbons (Fsp3) is 0.333. The molecule has 0 radical (unpaired) electrons. The molecular formula is C21H26N4O5S. The highest BCUT2D eigenvalue weighted by Gasteiger charge is 2.23. The first kappa shape index (κ1) is 22.7. The lowest BCUT2D eigenvalue weighted by atomic mass is 10.2. The summed E-state index contributed by atoms with van der Waals surface area (Å²) in [6.07, 6.45) is 0. The number of carbonyl (C=O) groups excluding carboxylic acids is 2. The molecule has 1 aliphatic rings. The van der Waals surface area contributed by atoms with Gasteiger partial charge in [0.05, 0.1) is 35.5 Å². The van der Waals surface area contributed by atoms with Crippen molar-refractivity contribution in [3.8, 4) is 0 Å². The fourth-order valence-corrected chi connectivity index (χ4v) is 4.38. The topological polar surface area (TPSA) is 117 Å². The zero-order valence-electron chi connectivity index (χ0n) is 17.4. The molecule has 0 bridgehead atoms. The Morgan fingerprint density at radius 3 is 2.29 bits per heavy atom. The molecular weight excluding hydrogens is 420 g/mol. The molecule has 2 amide bonds. The van der Waals surface area contributed by atoms with E-state index < -0.39 is 22.0 Å². The van der Waals surface area contributed by atoms with Gasteiger partial charge in [0.2, 0.25) is 21.8 Å². The molecule has 0 aromatic heterocycles. The maximum Gasteiger partial charge on any atom is 0.242 e. The third kappa shape index (κ3) is 6.03. The Labute approximate surface area is 181 Å². The summed E-state index contributed by atoms with van der Waals surface area (Å²) < 4.78 is 33.1. The maximum absolute atomic E-state index is 12.7. The number of hydrogen-bond acceptors (Lipinski definition) is 6. The first-order valence-electron chi connectivity index (χ1n) is 9.89. The van der Waals surface area contributed by atoms with Crippen molar-refractivity contribution in [2.75, 3.05) is 41.8 Å². The molecule has 1 atom stereocenters. The lowest BCUT2D eigenvalue weighted by Crippen LogP contribution is -2.42. The summed E-state index contributed by atoms with van der Waals surface area (Å²) in [5, 5.41) is 5.39. The number of nitrogens with one attached hydrogen (secondary N) is 3. The van der Waals surface area contributed by atoms with Crippen LogP contribution in [0.15, 0.2) is 53.4 Å². The molecule has 0 unspecified atom stereocenters. The van der Waals surface area contributed by atoms with Gasteiger partial charge >= 0.3 is 0 Å². The van der Waals surface area contributed by atoms with Crippen molar-refractivity contribution in [3.63, 3.8) is 0 Å². The molecule has 3 rings (SSSR count). The Bertz CT molecular complexity index is 1030. The normalized spacial score (nSPS) is 15.2. The summed E-state index contributed by atoms with van der Waals surface area (Å²) in [7, 11) is -3.92. The van der Waals surface area contributed by atoms with E-state index in [2.05, 4.69) is 20.3 Å². The largest absolute Gasteiger partial charge is 0.378 e. The summed E-state index contributed by atoms with van der Waals surface area (Å²) in [5.41, 5.74) is 1.96. The first-order chi connectivity index (χ1) is 14.8. The van der Waals surface area contributed by atoms with Crippen LogP contribution >= 0.6 is 0 Å². The van der Waals surface area contributed by atoms with Crippen LogP contribution in [0.5, 0.6) is 0 Å². The smallest absolute Gasteiger partial charge is 0.242 e. The average Bonchev–Trinajstić information content (AvgIpc) is 2.74. The van der Waals surface area contributed by atoms with E-state index in [4.69, 9.17) is 4.74 Å². The van der Waals surface area contributed by atoms with Gasteiger partial charge in [-0.15, -0.1) is 0 Å². The van der Waals surface area contributed by atoms with Gasteiger partial charge in [0.1, 0.15) is 0 Å². The Morgan fingerprint density at radius 2 is 1.65 bits per heavy atom. The van der Waals surface area contributed by atoms with E-state index in [1.807, 2.05) is 18.2 Å². The van der Waals surface area contributed by atoms with Crippen molar-refractivity contribution in [2.45, 2.75) is 24.8 Å². The first-order valence-corrected chi connectivity index (χ1v) is 11.4. The molecule has 0 spiro atoms. The fourth-order valence-electron chi connectivity index (χ4n) is 3.18. The van der Waals surface area contributed by atoms with Gasteiger partial charge in [0.25, 0.3) is 0 Å². The van der Waals surface area contributed by atoms with Crippen LogP contribution in [-0.2, 0) is 24.3 Å². The third-order valence-corrected chi connectivity index (χ3v) is 6.28. The lowest BCUT2D eigenvalue weighted by Gasteiger charge is -2.30. The molecule has 1 heterocycles. The molecule has 9 nitrogen and oxygen atoms in total. The molecule has 1 aliphatic heterocycles. The second kappa shape index (κ2) is 9.90. The molecule has 31 heavy (non-hydrogen) atoms. The van der Waals surface area contributed by atoms with Crippen LogP contribution in [0.1, 0.15) is 13.8 Å². The Morgan fingerprint density at radius 1 is 1.00 bits per heavy atom. The highest BCUT2D eigenvalue weighted by molar-refractivity contribution is 7.89. The number of benzene rings is 2. The van der Waals surface area contributed by atoms with E-state index in [1.54, 1.807) is 6.07 Å². The van der Waals surface area contributed by atoms with Crippen molar-refractivity contribution in [2.24, 2.45) is 0 Å². The van der Waals surface area contributed by atoms with Crippen LogP contribution in [0.25, 0.3) is 0 Å². The number of hydrogen-bond donors (Lipinski definition) is 3. The molecule has 2 aromatic rings. The van der Waals surface area contributed by atoms with Gasteiger partial charge in [-0.1, -0.05) is 12.1 Å². The van der Waals surface area contributed by atoms with Gasteiger partial charge in [0, 0.05) is 25.7 Å². The molecule has 0 saturated carbocycles. The van der Waals surface area contributed by atoms with Crippen LogP contribution in [0.2, 0.25) is 0 Å². The second-order valence-electron chi connectivity index (χ2n) is 7.15. The minimum absolute atomic E-state index is 0.00466. The van der Waals surface area contributed by atoms with Crippen molar-refractivity contribution in [3.05, 3.63) is 48.5 Å². The Balaban J connectivity index is 1.67. The van der Waals surface area contributed by atoms with E-state index >= 15 is 0 Å². The van der Waals surface area contributed by atoms with Gasteiger partial charge in [-0.05, 0) is 43.3 Å². The number of anilines is 3. The van der Waals surface area contributed by atoms with Crippen molar-refractivity contribution in [1.29, 1.82) is 0 Å². The summed E-state index contributed by atoms with van der Waals surface area (Å²) in [5.74, 6) is -0.726. The maximum atomic E-state index is 12.7.